The second-order valence-electron chi connectivity index (χ2n) is 7.58. The van der Waals surface area contributed by atoms with Crippen molar-refractivity contribution >= 4 is 12.0 Å². The lowest BCUT2D eigenvalue weighted by atomic mass is 9.88. The standard InChI is InChI=1S/C19H30N2O4/c1-13(2)19(6,12-20-17(23)25-18(3,4)5)21-16(22)14-10-8-9-11-15(14)24-7/h8-11,13H,12H2,1-7H3,(H,20,23)(H,21,22). The number of carbonyl (C=O) groups excluding carboxylic acids is 2. The first-order chi connectivity index (χ1) is 11.5. The Hall–Kier alpha value is -2.24. The second-order valence-corrected chi connectivity index (χ2v) is 7.58. The Labute approximate surface area is 150 Å². The molecule has 0 spiro atoms. The van der Waals surface area contributed by atoms with Gasteiger partial charge in [-0.1, -0.05) is 26.0 Å². The fourth-order valence-corrected chi connectivity index (χ4v) is 2.12. The van der Waals surface area contributed by atoms with Crippen molar-refractivity contribution in [2.24, 2.45) is 5.92 Å². The highest BCUT2D eigenvalue weighted by molar-refractivity contribution is 5.97. The van der Waals surface area contributed by atoms with Gasteiger partial charge in [0, 0.05) is 6.54 Å². The van der Waals surface area contributed by atoms with E-state index in [4.69, 9.17) is 9.47 Å². The number of hydrogen-bond donors (Lipinski definition) is 2. The summed E-state index contributed by atoms with van der Waals surface area (Å²) in [7, 11) is 1.53. The van der Waals surface area contributed by atoms with Crippen LogP contribution in [0, 0.1) is 5.92 Å². The summed E-state index contributed by atoms with van der Waals surface area (Å²) in [4.78, 5) is 24.6. The van der Waals surface area contributed by atoms with Crippen molar-refractivity contribution in [3.8, 4) is 5.75 Å². The summed E-state index contributed by atoms with van der Waals surface area (Å²) >= 11 is 0. The Morgan fingerprint density at radius 1 is 1.12 bits per heavy atom. The number of methoxy groups -OCH3 is 1. The van der Waals surface area contributed by atoms with E-state index in [0.29, 0.717) is 11.3 Å². The lowest BCUT2D eigenvalue weighted by Crippen LogP contribution is -2.57. The second kappa shape index (κ2) is 8.23. The number of ether oxygens (including phenoxy) is 2. The maximum absolute atomic E-state index is 12.7. The molecule has 0 bridgehead atoms. The van der Waals surface area contributed by atoms with Crippen LogP contribution in [0.5, 0.6) is 5.75 Å². The number of nitrogens with one attached hydrogen (secondary N) is 2. The van der Waals surface area contributed by atoms with Crippen LogP contribution < -0.4 is 15.4 Å². The van der Waals surface area contributed by atoms with E-state index in [-0.39, 0.29) is 18.4 Å². The zero-order valence-electron chi connectivity index (χ0n) is 16.2. The van der Waals surface area contributed by atoms with Crippen LogP contribution in [0.15, 0.2) is 24.3 Å². The van der Waals surface area contributed by atoms with E-state index >= 15 is 0 Å². The average Bonchev–Trinajstić information content (AvgIpc) is 2.51. The van der Waals surface area contributed by atoms with E-state index in [0.717, 1.165) is 0 Å². The topological polar surface area (TPSA) is 76.7 Å². The molecular weight excluding hydrogens is 320 g/mol. The van der Waals surface area contributed by atoms with E-state index in [9.17, 15) is 9.59 Å². The van der Waals surface area contributed by atoms with E-state index in [1.165, 1.54) is 7.11 Å². The van der Waals surface area contributed by atoms with E-state index in [1.807, 2.05) is 20.8 Å². The zero-order chi connectivity index (χ0) is 19.3. The van der Waals surface area contributed by atoms with Gasteiger partial charge in [-0.2, -0.15) is 0 Å². The molecule has 1 rings (SSSR count). The predicted molar refractivity (Wildman–Crippen MR) is 97.9 cm³/mol. The average molecular weight is 350 g/mol. The van der Waals surface area contributed by atoms with Gasteiger partial charge < -0.3 is 20.1 Å². The number of benzene rings is 1. The summed E-state index contributed by atoms with van der Waals surface area (Å²) in [5.41, 5.74) is -0.762. The van der Waals surface area contributed by atoms with Gasteiger partial charge in [-0.15, -0.1) is 0 Å². The lowest BCUT2D eigenvalue weighted by Gasteiger charge is -2.35. The molecule has 0 saturated carbocycles. The largest absolute Gasteiger partial charge is 0.496 e. The molecule has 25 heavy (non-hydrogen) atoms. The molecule has 0 heterocycles. The van der Waals surface area contributed by atoms with Crippen molar-refractivity contribution in [2.45, 2.75) is 52.7 Å². The van der Waals surface area contributed by atoms with Crippen LogP contribution >= 0.6 is 0 Å². The summed E-state index contributed by atoms with van der Waals surface area (Å²) in [6.07, 6.45) is -0.508. The third-order valence-electron chi connectivity index (χ3n) is 4.02. The number of para-hydroxylation sites is 1. The van der Waals surface area contributed by atoms with Crippen LogP contribution in [-0.4, -0.2) is 36.8 Å². The highest BCUT2D eigenvalue weighted by atomic mass is 16.6. The minimum Gasteiger partial charge on any atom is -0.496 e. The van der Waals surface area contributed by atoms with E-state index < -0.39 is 17.2 Å². The summed E-state index contributed by atoms with van der Waals surface area (Å²) in [5, 5.41) is 5.75. The number of carbonyl (C=O) groups is 2. The first kappa shape index (κ1) is 20.8. The zero-order valence-corrected chi connectivity index (χ0v) is 16.2. The van der Waals surface area contributed by atoms with Gasteiger partial charge in [0.25, 0.3) is 5.91 Å². The van der Waals surface area contributed by atoms with Crippen molar-refractivity contribution in [1.82, 2.24) is 10.6 Å². The molecule has 0 saturated heterocycles. The molecule has 1 aromatic rings. The Balaban J connectivity index is 2.84. The van der Waals surface area contributed by atoms with Crippen LogP contribution in [0.1, 0.15) is 51.9 Å². The highest BCUT2D eigenvalue weighted by Crippen LogP contribution is 2.21. The number of rotatable bonds is 6. The number of amides is 2. The molecule has 0 fully saturated rings. The lowest BCUT2D eigenvalue weighted by molar-refractivity contribution is 0.0497. The smallest absolute Gasteiger partial charge is 0.407 e. The van der Waals surface area contributed by atoms with Crippen molar-refractivity contribution in [1.29, 1.82) is 0 Å². The molecule has 140 valence electrons. The molecule has 2 N–H and O–H groups in total. The van der Waals surface area contributed by atoms with Gasteiger partial charge in [0.1, 0.15) is 11.4 Å². The third-order valence-corrected chi connectivity index (χ3v) is 4.02. The van der Waals surface area contributed by atoms with Crippen LogP contribution in [0.4, 0.5) is 4.79 Å². The van der Waals surface area contributed by atoms with E-state index in [2.05, 4.69) is 10.6 Å². The quantitative estimate of drug-likeness (QED) is 0.825. The first-order valence-electron chi connectivity index (χ1n) is 8.41. The van der Waals surface area contributed by atoms with Crippen LogP contribution in [0.2, 0.25) is 0 Å². The predicted octanol–water partition coefficient (Wildman–Crippen LogP) is 3.36. The summed E-state index contributed by atoms with van der Waals surface area (Å²) < 4.78 is 10.5. The molecule has 0 aliphatic carbocycles. The molecule has 0 aliphatic heterocycles. The Bertz CT molecular complexity index is 608. The van der Waals surface area contributed by atoms with Gasteiger partial charge in [-0.3, -0.25) is 4.79 Å². The Kier molecular flexibility index (Phi) is 6.85. The fraction of sp³-hybridized carbons (Fsp3) is 0.579. The fourth-order valence-electron chi connectivity index (χ4n) is 2.12. The van der Waals surface area contributed by atoms with Crippen LogP contribution in [-0.2, 0) is 4.74 Å². The SMILES string of the molecule is COc1ccccc1C(=O)NC(C)(CNC(=O)OC(C)(C)C)C(C)C. The molecule has 6 heteroatoms. The molecule has 1 aromatic carbocycles. The van der Waals surface area contributed by atoms with E-state index in [1.54, 1.807) is 45.0 Å². The molecule has 2 amide bonds. The number of hydrogen-bond acceptors (Lipinski definition) is 4. The molecule has 0 aromatic heterocycles. The molecule has 1 unspecified atom stereocenters. The Morgan fingerprint density at radius 2 is 1.72 bits per heavy atom. The molecule has 0 aliphatic rings. The summed E-state index contributed by atoms with van der Waals surface area (Å²) in [5.74, 6) is 0.340. The van der Waals surface area contributed by atoms with Crippen molar-refractivity contribution in [3.05, 3.63) is 29.8 Å². The molecule has 6 nitrogen and oxygen atoms in total. The van der Waals surface area contributed by atoms with Gasteiger partial charge in [0.15, 0.2) is 0 Å². The van der Waals surface area contributed by atoms with Gasteiger partial charge >= 0.3 is 6.09 Å². The molecular formula is C19H30N2O4. The van der Waals surface area contributed by atoms with Gasteiger partial charge in [0.2, 0.25) is 0 Å². The van der Waals surface area contributed by atoms with Crippen molar-refractivity contribution in [3.63, 3.8) is 0 Å². The van der Waals surface area contributed by atoms with Crippen molar-refractivity contribution < 1.29 is 19.1 Å². The normalized spacial score (nSPS) is 13.8. The van der Waals surface area contributed by atoms with Crippen LogP contribution in [0.25, 0.3) is 0 Å². The Morgan fingerprint density at radius 3 is 2.24 bits per heavy atom. The van der Waals surface area contributed by atoms with Gasteiger partial charge in [-0.25, -0.2) is 4.79 Å². The molecule has 1 atom stereocenters. The number of alkyl carbamates (subject to hydrolysis) is 1. The highest BCUT2D eigenvalue weighted by Gasteiger charge is 2.32. The van der Waals surface area contributed by atoms with Crippen LogP contribution in [0.3, 0.4) is 0 Å². The maximum atomic E-state index is 12.7. The van der Waals surface area contributed by atoms with Gasteiger partial charge in [0.05, 0.1) is 18.2 Å². The summed E-state index contributed by atoms with van der Waals surface area (Å²) in [6, 6.07) is 7.03. The minimum absolute atomic E-state index is 0.0843. The van der Waals surface area contributed by atoms with Gasteiger partial charge in [-0.05, 0) is 45.7 Å². The molecule has 0 radical (unpaired) electrons. The third kappa shape index (κ3) is 6.29. The maximum Gasteiger partial charge on any atom is 0.407 e. The monoisotopic (exact) mass is 350 g/mol. The summed E-state index contributed by atoms with van der Waals surface area (Å²) in [6.45, 7) is 11.5. The first-order valence-corrected chi connectivity index (χ1v) is 8.41. The minimum atomic E-state index is -0.644. The van der Waals surface area contributed by atoms with Crippen molar-refractivity contribution in [2.75, 3.05) is 13.7 Å².